The quantitative estimate of drug-likeness (QED) is 0.236. The fourth-order valence-corrected chi connectivity index (χ4v) is 6.62. The summed E-state index contributed by atoms with van der Waals surface area (Å²) in [5.74, 6) is 0.336. The van der Waals surface area contributed by atoms with E-state index in [1.807, 2.05) is 21.9 Å². The van der Waals surface area contributed by atoms with Crippen LogP contribution < -0.4 is 5.32 Å². The van der Waals surface area contributed by atoms with Crippen LogP contribution in [0, 0.1) is 5.95 Å². The number of methoxy groups -OCH3 is 1. The second kappa shape index (κ2) is 13.0. The first-order valence-electron chi connectivity index (χ1n) is 15.7. The van der Waals surface area contributed by atoms with Gasteiger partial charge in [0, 0.05) is 74.1 Å². The fraction of sp³-hybridized carbons (Fsp3) is 0.314. The van der Waals surface area contributed by atoms with E-state index in [0.717, 1.165) is 29.3 Å². The number of carbonyl (C=O) groups excluding carboxylic acids is 2. The van der Waals surface area contributed by atoms with E-state index in [4.69, 9.17) is 4.74 Å². The molecule has 1 unspecified atom stereocenters. The Bertz CT molecular complexity index is 1880. The van der Waals surface area contributed by atoms with Crippen LogP contribution in [0.15, 0.2) is 79.3 Å². The molecule has 2 amide bonds. The number of hydrogen-bond acceptors (Lipinski definition) is 8. The van der Waals surface area contributed by atoms with Crippen molar-refractivity contribution in [2.75, 3.05) is 45.2 Å². The molecule has 7 rings (SSSR count). The minimum Gasteiger partial charge on any atom is -0.367 e. The molecule has 2 aromatic carbocycles. The van der Waals surface area contributed by atoms with Crippen molar-refractivity contribution in [1.82, 2.24) is 34.9 Å². The molecule has 2 saturated heterocycles. The first-order chi connectivity index (χ1) is 22.9. The summed E-state index contributed by atoms with van der Waals surface area (Å²) in [6.07, 6.45) is 7.17. The summed E-state index contributed by atoms with van der Waals surface area (Å²) >= 11 is 0. The molecule has 3 aromatic heterocycles. The number of rotatable bonds is 8. The highest BCUT2D eigenvalue weighted by Crippen LogP contribution is 2.32. The van der Waals surface area contributed by atoms with Crippen molar-refractivity contribution in [2.24, 2.45) is 0 Å². The highest BCUT2D eigenvalue weighted by Gasteiger charge is 2.45. The molecular weight excluding hydrogens is 599 g/mol. The normalized spacial score (nSPS) is 18.9. The molecule has 5 heterocycles. The van der Waals surface area contributed by atoms with Gasteiger partial charge in [-0.15, -0.1) is 0 Å². The van der Waals surface area contributed by atoms with Crippen molar-refractivity contribution >= 4 is 28.4 Å². The van der Waals surface area contributed by atoms with Crippen LogP contribution in [0.4, 0.5) is 10.1 Å². The molecule has 0 aliphatic carbocycles. The molecule has 5 aromatic rings. The fourth-order valence-electron chi connectivity index (χ4n) is 6.62. The van der Waals surface area contributed by atoms with E-state index in [0.29, 0.717) is 61.3 Å². The number of fused-ring (bicyclic) bond motifs is 1. The predicted octanol–water partition coefficient (Wildman–Crippen LogP) is 4.66. The number of halogens is 1. The molecule has 1 atom stereocenters. The largest absolute Gasteiger partial charge is 0.367 e. The Kier molecular flexibility index (Phi) is 8.44. The summed E-state index contributed by atoms with van der Waals surface area (Å²) in [5.41, 5.74) is 3.79. The van der Waals surface area contributed by atoms with Gasteiger partial charge < -0.3 is 15.0 Å². The number of piperidine rings is 1. The van der Waals surface area contributed by atoms with Crippen molar-refractivity contribution in [2.45, 2.75) is 30.8 Å². The van der Waals surface area contributed by atoms with E-state index in [-0.39, 0.29) is 18.4 Å². The first kappa shape index (κ1) is 30.6. The lowest BCUT2D eigenvalue weighted by molar-refractivity contribution is -0.138. The summed E-state index contributed by atoms with van der Waals surface area (Å²) in [5, 5.41) is 11.1. The van der Waals surface area contributed by atoms with Crippen LogP contribution in [0.1, 0.15) is 30.7 Å². The third-order valence-electron chi connectivity index (χ3n) is 9.35. The van der Waals surface area contributed by atoms with Crippen molar-refractivity contribution in [3.63, 3.8) is 0 Å². The Hall–Kier alpha value is -5.07. The SMILES string of the molecule is COC1(C(=O)Nc2ccc3[nH]nc(-c4ccc(F)nc4)c3c2)CCN(CC(=O)N2CCC(c3ccc(-c4ncccn4)cc3)CC2)C1. The number of aromatic amines is 1. The minimum absolute atomic E-state index is 0.0700. The maximum atomic E-state index is 13.6. The van der Waals surface area contributed by atoms with Gasteiger partial charge in [-0.1, -0.05) is 24.3 Å². The number of amides is 2. The Balaban J connectivity index is 0.939. The molecular formula is C35H35FN8O3. The van der Waals surface area contributed by atoms with Crippen LogP contribution in [0.2, 0.25) is 0 Å². The van der Waals surface area contributed by atoms with E-state index in [2.05, 4.69) is 54.7 Å². The van der Waals surface area contributed by atoms with E-state index in [9.17, 15) is 14.0 Å². The molecule has 2 N–H and O–H groups in total. The lowest BCUT2D eigenvalue weighted by atomic mass is 9.89. The van der Waals surface area contributed by atoms with Crippen molar-refractivity contribution in [1.29, 1.82) is 0 Å². The van der Waals surface area contributed by atoms with E-state index < -0.39 is 11.5 Å². The number of likely N-dealkylation sites (tertiary alicyclic amines) is 2. The van der Waals surface area contributed by atoms with E-state index in [1.54, 1.807) is 30.6 Å². The number of aromatic nitrogens is 5. The molecule has 0 saturated carbocycles. The summed E-state index contributed by atoms with van der Waals surface area (Å²) in [4.78, 5) is 43.2. The summed E-state index contributed by atoms with van der Waals surface area (Å²) in [6, 6.07) is 18.6. The zero-order valence-corrected chi connectivity index (χ0v) is 26.0. The highest BCUT2D eigenvalue weighted by molar-refractivity contribution is 6.01. The van der Waals surface area contributed by atoms with Gasteiger partial charge in [-0.3, -0.25) is 19.6 Å². The number of pyridine rings is 1. The Morgan fingerprint density at radius 3 is 2.49 bits per heavy atom. The Morgan fingerprint density at radius 2 is 1.77 bits per heavy atom. The van der Waals surface area contributed by atoms with Gasteiger partial charge in [0.25, 0.3) is 5.91 Å². The number of hydrogen-bond donors (Lipinski definition) is 2. The summed E-state index contributed by atoms with van der Waals surface area (Å²) in [7, 11) is 1.54. The first-order valence-corrected chi connectivity index (χ1v) is 15.7. The van der Waals surface area contributed by atoms with Gasteiger partial charge >= 0.3 is 0 Å². The summed E-state index contributed by atoms with van der Waals surface area (Å²) < 4.78 is 19.2. The van der Waals surface area contributed by atoms with Gasteiger partial charge in [-0.2, -0.15) is 9.49 Å². The number of benzene rings is 2. The maximum absolute atomic E-state index is 13.6. The molecule has 0 bridgehead atoms. The van der Waals surface area contributed by atoms with Crippen LogP contribution in [0.25, 0.3) is 33.5 Å². The Morgan fingerprint density at radius 1 is 1.00 bits per heavy atom. The van der Waals surface area contributed by atoms with Crippen molar-refractivity contribution in [3.8, 4) is 22.6 Å². The molecule has 0 spiro atoms. The molecule has 240 valence electrons. The molecule has 12 heteroatoms. The Labute approximate surface area is 271 Å². The topological polar surface area (TPSA) is 129 Å². The standard InChI is InChI=1S/C35H35FN8O3/c1-47-35(34(46)40-27-8-9-29-28(19-27)32(42-41-29)26-7-10-30(36)39-20-26)13-18-43(22-35)21-31(45)44-16-11-24(12-17-44)23-3-5-25(6-4-23)33-37-14-2-15-38-33/h2-10,14-15,19-20,24H,11-13,16-18,21-22H2,1H3,(H,40,46)(H,41,42). The van der Waals surface area contributed by atoms with Crippen LogP contribution >= 0.6 is 0 Å². The van der Waals surface area contributed by atoms with Gasteiger partial charge in [0.05, 0.1) is 12.1 Å². The number of ether oxygens (including phenoxy) is 1. The van der Waals surface area contributed by atoms with Gasteiger partial charge in [0.1, 0.15) is 5.69 Å². The van der Waals surface area contributed by atoms with E-state index in [1.165, 1.54) is 24.9 Å². The van der Waals surface area contributed by atoms with Gasteiger partial charge in [0.2, 0.25) is 11.9 Å². The number of carbonyl (C=O) groups is 2. The third kappa shape index (κ3) is 6.34. The zero-order valence-electron chi connectivity index (χ0n) is 26.0. The van der Waals surface area contributed by atoms with Crippen LogP contribution in [0.3, 0.4) is 0 Å². The molecule has 2 aliphatic heterocycles. The number of nitrogens with zero attached hydrogens (tertiary/aromatic N) is 6. The molecule has 2 fully saturated rings. The zero-order chi connectivity index (χ0) is 32.4. The lowest BCUT2D eigenvalue weighted by Gasteiger charge is -2.33. The molecule has 2 aliphatic rings. The number of anilines is 1. The van der Waals surface area contributed by atoms with Crippen LogP contribution in [0.5, 0.6) is 0 Å². The second-order valence-electron chi connectivity index (χ2n) is 12.2. The average Bonchev–Trinajstić information content (AvgIpc) is 3.74. The lowest BCUT2D eigenvalue weighted by Crippen LogP contribution is -2.48. The number of H-pyrrole nitrogens is 1. The van der Waals surface area contributed by atoms with Gasteiger partial charge in [-0.25, -0.2) is 15.0 Å². The van der Waals surface area contributed by atoms with Gasteiger partial charge in [-0.05, 0) is 67.1 Å². The monoisotopic (exact) mass is 634 g/mol. The summed E-state index contributed by atoms with van der Waals surface area (Å²) in [6.45, 7) is 2.52. The average molecular weight is 635 g/mol. The second-order valence-corrected chi connectivity index (χ2v) is 12.2. The predicted molar refractivity (Wildman–Crippen MR) is 175 cm³/mol. The van der Waals surface area contributed by atoms with Crippen LogP contribution in [-0.2, 0) is 14.3 Å². The van der Waals surface area contributed by atoms with Crippen molar-refractivity contribution < 1.29 is 18.7 Å². The molecule has 47 heavy (non-hydrogen) atoms. The molecule has 0 radical (unpaired) electrons. The van der Waals surface area contributed by atoms with Crippen molar-refractivity contribution in [3.05, 3.63) is 90.8 Å². The van der Waals surface area contributed by atoms with Crippen LogP contribution in [-0.4, -0.2) is 92.2 Å². The van der Waals surface area contributed by atoms with Gasteiger partial charge in [0.15, 0.2) is 11.4 Å². The highest BCUT2D eigenvalue weighted by atomic mass is 19.1. The maximum Gasteiger partial charge on any atom is 0.258 e. The third-order valence-corrected chi connectivity index (χ3v) is 9.35. The molecule has 11 nitrogen and oxygen atoms in total. The number of nitrogens with one attached hydrogen (secondary N) is 2. The van der Waals surface area contributed by atoms with E-state index >= 15 is 0 Å². The minimum atomic E-state index is -1.08. The smallest absolute Gasteiger partial charge is 0.258 e.